The van der Waals surface area contributed by atoms with Crippen LogP contribution in [0.2, 0.25) is 0 Å². The Morgan fingerprint density at radius 3 is 2.39 bits per heavy atom. The fraction of sp³-hybridized carbons (Fsp3) is 0.391. The maximum Gasteiger partial charge on any atom is 0.251 e. The Morgan fingerprint density at radius 1 is 1.06 bits per heavy atom. The number of imidazole rings is 1. The number of methoxy groups -OCH3 is 3. The number of amides is 1. The van der Waals surface area contributed by atoms with Crippen molar-refractivity contribution in [3.63, 3.8) is 0 Å². The van der Waals surface area contributed by atoms with Crippen LogP contribution in [-0.2, 0) is 4.74 Å². The number of ether oxygens (including phenoxy) is 4. The molecule has 1 aromatic heterocycles. The van der Waals surface area contributed by atoms with Crippen LogP contribution in [-0.4, -0.2) is 56.5 Å². The Kier molecular flexibility index (Phi) is 7.36. The van der Waals surface area contributed by atoms with Crippen LogP contribution in [0.25, 0.3) is 16.7 Å². The van der Waals surface area contributed by atoms with E-state index >= 15 is 0 Å². The molecule has 0 saturated carbocycles. The van der Waals surface area contributed by atoms with Gasteiger partial charge in [-0.2, -0.15) is 0 Å². The van der Waals surface area contributed by atoms with Gasteiger partial charge >= 0.3 is 0 Å². The van der Waals surface area contributed by atoms with E-state index in [1.165, 1.54) is 0 Å². The average Bonchev–Trinajstić information content (AvgIpc) is 3.12. The van der Waals surface area contributed by atoms with Crippen LogP contribution in [0.5, 0.6) is 17.2 Å². The van der Waals surface area contributed by atoms with Crippen molar-refractivity contribution >= 4 is 16.9 Å². The summed E-state index contributed by atoms with van der Waals surface area (Å²) in [5, 5.41) is 2.92. The maximum atomic E-state index is 12.5. The van der Waals surface area contributed by atoms with E-state index in [9.17, 15) is 4.79 Å². The van der Waals surface area contributed by atoms with Gasteiger partial charge in [0.1, 0.15) is 5.82 Å². The molecule has 0 aliphatic heterocycles. The molecule has 0 radical (unpaired) electrons. The molecule has 2 aromatic carbocycles. The van der Waals surface area contributed by atoms with Gasteiger partial charge in [0.05, 0.1) is 38.1 Å². The topological polar surface area (TPSA) is 83.8 Å². The predicted octanol–water partition coefficient (Wildman–Crippen LogP) is 3.52. The lowest BCUT2D eigenvalue weighted by atomic mass is 10.1. The molecule has 0 fully saturated rings. The summed E-state index contributed by atoms with van der Waals surface area (Å²) >= 11 is 0. The molecular weight excluding hydrogens is 398 g/mol. The molecule has 0 spiro atoms. The molecule has 1 N–H and O–H groups in total. The van der Waals surface area contributed by atoms with Crippen LogP contribution >= 0.6 is 0 Å². The Bertz CT molecular complexity index is 1040. The maximum absolute atomic E-state index is 12.5. The normalized spacial score (nSPS) is 10.9. The minimum absolute atomic E-state index is 0.126. The first-order chi connectivity index (χ1) is 15.0. The lowest BCUT2D eigenvalue weighted by Crippen LogP contribution is -2.25. The summed E-state index contributed by atoms with van der Waals surface area (Å²) in [6.45, 7) is 5.74. The average molecular weight is 428 g/mol. The Hall–Kier alpha value is -3.26. The van der Waals surface area contributed by atoms with Crippen LogP contribution < -0.4 is 19.5 Å². The van der Waals surface area contributed by atoms with Gasteiger partial charge in [0.2, 0.25) is 5.75 Å². The second-order valence-corrected chi connectivity index (χ2v) is 6.89. The van der Waals surface area contributed by atoms with E-state index < -0.39 is 0 Å². The molecule has 3 aromatic rings. The molecule has 1 amide bonds. The zero-order valence-corrected chi connectivity index (χ0v) is 18.7. The van der Waals surface area contributed by atoms with Crippen molar-refractivity contribution in [2.45, 2.75) is 20.3 Å². The lowest BCUT2D eigenvalue weighted by molar-refractivity contribution is 0.0944. The number of carbonyl (C=O) groups is 1. The number of hydrogen-bond donors (Lipinski definition) is 1. The fourth-order valence-electron chi connectivity index (χ4n) is 3.49. The number of nitrogens with one attached hydrogen (secondary N) is 1. The van der Waals surface area contributed by atoms with Gasteiger partial charge in [-0.05, 0) is 38.5 Å². The molecule has 166 valence electrons. The van der Waals surface area contributed by atoms with Gasteiger partial charge in [-0.15, -0.1) is 0 Å². The standard InChI is InChI=1S/C23H29N3O5/c1-6-31-11-7-10-24-23(27)16-8-9-19-18(12-16)25-15(2)26(19)17-13-20(28-3)22(30-5)21(14-17)29-4/h8-9,12-14H,6-7,10-11H2,1-5H3,(H,24,27). The van der Waals surface area contributed by atoms with E-state index in [0.29, 0.717) is 42.6 Å². The first kappa shape index (κ1) is 22.4. The quantitative estimate of drug-likeness (QED) is 0.499. The van der Waals surface area contributed by atoms with Crippen molar-refractivity contribution in [2.24, 2.45) is 0 Å². The zero-order chi connectivity index (χ0) is 22.4. The van der Waals surface area contributed by atoms with Crippen LogP contribution in [0.4, 0.5) is 0 Å². The largest absolute Gasteiger partial charge is 0.493 e. The number of hydrogen-bond acceptors (Lipinski definition) is 6. The third kappa shape index (κ3) is 4.74. The van der Waals surface area contributed by atoms with Crippen LogP contribution in [0.15, 0.2) is 30.3 Å². The van der Waals surface area contributed by atoms with Crippen molar-refractivity contribution in [3.05, 3.63) is 41.7 Å². The van der Waals surface area contributed by atoms with E-state index in [1.807, 2.05) is 36.6 Å². The van der Waals surface area contributed by atoms with Crippen molar-refractivity contribution in [1.29, 1.82) is 0 Å². The van der Waals surface area contributed by atoms with Gasteiger partial charge in [-0.25, -0.2) is 4.98 Å². The minimum Gasteiger partial charge on any atom is -0.493 e. The molecule has 0 aliphatic rings. The fourth-order valence-corrected chi connectivity index (χ4v) is 3.49. The monoisotopic (exact) mass is 427 g/mol. The third-order valence-electron chi connectivity index (χ3n) is 4.95. The molecule has 0 unspecified atom stereocenters. The highest BCUT2D eigenvalue weighted by Crippen LogP contribution is 2.40. The van der Waals surface area contributed by atoms with E-state index in [4.69, 9.17) is 18.9 Å². The SMILES string of the molecule is CCOCCCNC(=O)c1ccc2c(c1)nc(C)n2-c1cc(OC)c(OC)c(OC)c1. The van der Waals surface area contributed by atoms with E-state index in [1.54, 1.807) is 33.5 Å². The second kappa shape index (κ2) is 10.2. The molecule has 8 nitrogen and oxygen atoms in total. The van der Waals surface area contributed by atoms with E-state index in [0.717, 1.165) is 29.0 Å². The number of rotatable bonds is 10. The van der Waals surface area contributed by atoms with Crippen LogP contribution in [0.1, 0.15) is 29.5 Å². The van der Waals surface area contributed by atoms with Crippen molar-refractivity contribution in [3.8, 4) is 22.9 Å². The van der Waals surface area contributed by atoms with Gasteiger partial charge in [0, 0.05) is 37.5 Å². The Labute approximate surface area is 182 Å². The van der Waals surface area contributed by atoms with Crippen molar-refractivity contribution in [2.75, 3.05) is 41.1 Å². The Morgan fingerprint density at radius 2 is 1.77 bits per heavy atom. The minimum atomic E-state index is -0.126. The highest BCUT2D eigenvalue weighted by Gasteiger charge is 2.18. The molecule has 1 heterocycles. The van der Waals surface area contributed by atoms with E-state index in [2.05, 4.69) is 10.3 Å². The van der Waals surface area contributed by atoms with Crippen molar-refractivity contribution < 1.29 is 23.7 Å². The van der Waals surface area contributed by atoms with Crippen LogP contribution in [0, 0.1) is 6.92 Å². The molecule has 0 aliphatic carbocycles. The van der Waals surface area contributed by atoms with Gasteiger partial charge in [-0.1, -0.05) is 0 Å². The number of aryl methyl sites for hydroxylation is 1. The summed E-state index contributed by atoms with van der Waals surface area (Å²) in [5.41, 5.74) is 2.99. The van der Waals surface area contributed by atoms with Gasteiger partial charge in [0.25, 0.3) is 5.91 Å². The summed E-state index contributed by atoms with van der Waals surface area (Å²) in [4.78, 5) is 17.1. The van der Waals surface area contributed by atoms with Gasteiger partial charge in [0.15, 0.2) is 11.5 Å². The molecule has 0 saturated heterocycles. The molecule has 8 heteroatoms. The van der Waals surface area contributed by atoms with Gasteiger partial charge in [-0.3, -0.25) is 9.36 Å². The van der Waals surface area contributed by atoms with Crippen LogP contribution in [0.3, 0.4) is 0 Å². The summed E-state index contributed by atoms with van der Waals surface area (Å²) in [7, 11) is 4.74. The predicted molar refractivity (Wildman–Crippen MR) is 119 cm³/mol. The smallest absolute Gasteiger partial charge is 0.251 e. The molecule has 0 bridgehead atoms. The first-order valence-electron chi connectivity index (χ1n) is 10.2. The zero-order valence-electron chi connectivity index (χ0n) is 18.7. The molecule has 3 rings (SSSR count). The Balaban J connectivity index is 1.92. The third-order valence-corrected chi connectivity index (χ3v) is 4.95. The number of fused-ring (bicyclic) bond motifs is 1. The summed E-state index contributed by atoms with van der Waals surface area (Å²) in [5.74, 6) is 2.29. The summed E-state index contributed by atoms with van der Waals surface area (Å²) in [6, 6.07) is 9.24. The molecule has 0 atom stereocenters. The summed E-state index contributed by atoms with van der Waals surface area (Å²) in [6.07, 6.45) is 0.774. The lowest BCUT2D eigenvalue weighted by Gasteiger charge is -2.15. The number of nitrogens with zero attached hydrogens (tertiary/aromatic N) is 2. The number of aromatic nitrogens is 2. The highest BCUT2D eigenvalue weighted by molar-refractivity contribution is 5.97. The number of carbonyl (C=O) groups excluding carboxylic acids is 1. The summed E-state index contributed by atoms with van der Waals surface area (Å²) < 4.78 is 23.7. The molecule has 31 heavy (non-hydrogen) atoms. The van der Waals surface area contributed by atoms with E-state index in [-0.39, 0.29) is 5.91 Å². The van der Waals surface area contributed by atoms with Crippen molar-refractivity contribution in [1.82, 2.24) is 14.9 Å². The number of benzene rings is 2. The van der Waals surface area contributed by atoms with Gasteiger partial charge < -0.3 is 24.3 Å². The highest BCUT2D eigenvalue weighted by atomic mass is 16.5. The molecular formula is C23H29N3O5. The first-order valence-corrected chi connectivity index (χ1v) is 10.2. The second-order valence-electron chi connectivity index (χ2n) is 6.89.